The lowest BCUT2D eigenvalue weighted by Gasteiger charge is -2.06. The molecule has 0 saturated carbocycles. The maximum atomic E-state index is 13.6. The molecule has 1 heterocycles. The number of ether oxygens (including phenoxy) is 1. The Morgan fingerprint density at radius 3 is 2.75 bits per heavy atom. The Hall–Kier alpha value is -1.24. The van der Waals surface area contributed by atoms with Crippen LogP contribution in [0.3, 0.4) is 0 Å². The van der Waals surface area contributed by atoms with E-state index < -0.39 is 11.6 Å². The van der Waals surface area contributed by atoms with E-state index in [1.54, 1.807) is 0 Å². The van der Waals surface area contributed by atoms with Crippen molar-refractivity contribution in [2.24, 2.45) is 0 Å². The molecular formula is C13H11ClF2N2OS. The second-order valence-electron chi connectivity index (χ2n) is 3.76. The number of hydrogen-bond acceptors (Lipinski definition) is 4. The van der Waals surface area contributed by atoms with Crippen LogP contribution in [0.15, 0.2) is 34.2 Å². The van der Waals surface area contributed by atoms with Crippen molar-refractivity contribution >= 4 is 23.4 Å². The molecule has 2 aromatic rings. The van der Waals surface area contributed by atoms with Gasteiger partial charge in [-0.05, 0) is 19.1 Å². The molecule has 0 fully saturated rings. The first-order chi connectivity index (χ1) is 9.58. The van der Waals surface area contributed by atoms with Gasteiger partial charge in [0.05, 0.1) is 0 Å². The Kier molecular flexibility index (Phi) is 5.28. The van der Waals surface area contributed by atoms with E-state index in [1.807, 2.05) is 6.92 Å². The van der Waals surface area contributed by atoms with E-state index in [0.29, 0.717) is 17.5 Å². The van der Waals surface area contributed by atoms with Gasteiger partial charge in [-0.25, -0.2) is 18.7 Å². The van der Waals surface area contributed by atoms with E-state index in [9.17, 15) is 8.78 Å². The molecule has 0 atom stereocenters. The van der Waals surface area contributed by atoms with E-state index >= 15 is 0 Å². The molecule has 106 valence electrons. The quantitative estimate of drug-likeness (QED) is 0.778. The van der Waals surface area contributed by atoms with E-state index in [4.69, 9.17) is 16.3 Å². The van der Waals surface area contributed by atoms with Crippen molar-refractivity contribution < 1.29 is 13.5 Å². The van der Waals surface area contributed by atoms with Gasteiger partial charge in [-0.2, -0.15) is 0 Å². The largest absolute Gasteiger partial charge is 0.374 e. The molecular weight excluding hydrogens is 306 g/mol. The van der Waals surface area contributed by atoms with Crippen LogP contribution in [0.4, 0.5) is 8.78 Å². The molecule has 0 unspecified atom stereocenters. The zero-order chi connectivity index (χ0) is 14.5. The van der Waals surface area contributed by atoms with Gasteiger partial charge in [0.25, 0.3) is 0 Å². The molecule has 0 aliphatic carbocycles. The summed E-state index contributed by atoms with van der Waals surface area (Å²) in [6, 6.07) is 4.89. The first kappa shape index (κ1) is 15.2. The summed E-state index contributed by atoms with van der Waals surface area (Å²) in [5.41, 5.74) is 0. The van der Waals surface area contributed by atoms with Crippen molar-refractivity contribution in [2.75, 3.05) is 6.61 Å². The summed E-state index contributed by atoms with van der Waals surface area (Å²) in [5.74, 6) is -0.843. The summed E-state index contributed by atoms with van der Waals surface area (Å²) in [5, 5.41) is 0.727. The molecule has 0 amide bonds. The SMILES string of the molecule is CCOCc1nc(Cl)cc(Sc2ccc(F)cc2F)n1. The fourth-order valence-corrected chi connectivity index (χ4v) is 2.53. The van der Waals surface area contributed by atoms with Gasteiger partial charge >= 0.3 is 0 Å². The molecule has 20 heavy (non-hydrogen) atoms. The van der Waals surface area contributed by atoms with E-state index in [2.05, 4.69) is 9.97 Å². The minimum absolute atomic E-state index is 0.233. The van der Waals surface area contributed by atoms with Crippen LogP contribution in [0.25, 0.3) is 0 Å². The monoisotopic (exact) mass is 316 g/mol. The fourth-order valence-electron chi connectivity index (χ4n) is 1.42. The number of rotatable bonds is 5. The van der Waals surface area contributed by atoms with Crippen LogP contribution in [0, 0.1) is 11.6 Å². The second-order valence-corrected chi connectivity index (χ2v) is 5.21. The highest BCUT2D eigenvalue weighted by molar-refractivity contribution is 7.99. The smallest absolute Gasteiger partial charge is 0.157 e. The summed E-state index contributed by atoms with van der Waals surface area (Å²) in [4.78, 5) is 8.49. The predicted octanol–water partition coefficient (Wildman–Crippen LogP) is 4.10. The zero-order valence-corrected chi connectivity index (χ0v) is 12.1. The topological polar surface area (TPSA) is 35.0 Å². The highest BCUT2D eigenvalue weighted by Gasteiger charge is 2.09. The van der Waals surface area contributed by atoms with Crippen LogP contribution in [-0.2, 0) is 11.3 Å². The Balaban J connectivity index is 2.21. The maximum Gasteiger partial charge on any atom is 0.157 e. The van der Waals surface area contributed by atoms with E-state index in [0.717, 1.165) is 17.8 Å². The fraction of sp³-hybridized carbons (Fsp3) is 0.231. The summed E-state index contributed by atoms with van der Waals surface area (Å²) in [7, 11) is 0. The standard InChI is InChI=1S/C13H11ClF2N2OS/c1-2-19-7-12-17-11(14)6-13(18-12)20-10-4-3-8(15)5-9(10)16/h3-6H,2,7H2,1H3. The lowest BCUT2D eigenvalue weighted by atomic mass is 10.3. The molecule has 0 saturated heterocycles. The summed E-state index contributed by atoms with van der Waals surface area (Å²) >= 11 is 6.94. The zero-order valence-electron chi connectivity index (χ0n) is 10.6. The Labute approximate surface area is 124 Å². The van der Waals surface area contributed by atoms with Gasteiger partial charge in [-0.3, -0.25) is 0 Å². The molecule has 3 nitrogen and oxygen atoms in total. The van der Waals surface area contributed by atoms with Crippen molar-refractivity contribution in [1.29, 1.82) is 0 Å². The third kappa shape index (κ3) is 4.13. The molecule has 0 spiro atoms. The molecule has 1 aromatic heterocycles. The molecule has 1 aromatic carbocycles. The minimum atomic E-state index is -0.643. The number of nitrogens with zero attached hydrogens (tertiary/aromatic N) is 2. The first-order valence-corrected chi connectivity index (χ1v) is 7.02. The van der Waals surface area contributed by atoms with Gasteiger partial charge in [-0.1, -0.05) is 23.4 Å². The van der Waals surface area contributed by atoms with Crippen LogP contribution in [-0.4, -0.2) is 16.6 Å². The van der Waals surface area contributed by atoms with Gasteiger partial charge < -0.3 is 4.74 Å². The van der Waals surface area contributed by atoms with Crippen molar-refractivity contribution in [1.82, 2.24) is 9.97 Å². The summed E-state index contributed by atoms with van der Waals surface area (Å²) in [6.45, 7) is 2.62. The number of halogens is 3. The third-order valence-corrected chi connectivity index (χ3v) is 3.42. The van der Waals surface area contributed by atoms with E-state index in [-0.39, 0.29) is 16.7 Å². The van der Waals surface area contributed by atoms with E-state index in [1.165, 1.54) is 18.2 Å². The maximum absolute atomic E-state index is 13.6. The van der Waals surface area contributed by atoms with Crippen LogP contribution < -0.4 is 0 Å². The number of benzene rings is 1. The first-order valence-electron chi connectivity index (χ1n) is 5.82. The van der Waals surface area contributed by atoms with Crippen molar-refractivity contribution in [3.05, 3.63) is 46.9 Å². The van der Waals surface area contributed by atoms with Gasteiger partial charge in [0.2, 0.25) is 0 Å². The van der Waals surface area contributed by atoms with Gasteiger partial charge in [-0.15, -0.1) is 0 Å². The predicted molar refractivity (Wildman–Crippen MR) is 72.9 cm³/mol. The number of aromatic nitrogens is 2. The number of hydrogen-bond donors (Lipinski definition) is 0. The van der Waals surface area contributed by atoms with Gasteiger partial charge in [0.1, 0.15) is 28.4 Å². The highest BCUT2D eigenvalue weighted by Crippen LogP contribution is 2.30. The van der Waals surface area contributed by atoms with Crippen LogP contribution in [0.1, 0.15) is 12.7 Å². The minimum Gasteiger partial charge on any atom is -0.374 e. The van der Waals surface area contributed by atoms with Gasteiger partial charge in [0.15, 0.2) is 5.82 Å². The van der Waals surface area contributed by atoms with Crippen molar-refractivity contribution in [3.63, 3.8) is 0 Å². The lowest BCUT2D eigenvalue weighted by Crippen LogP contribution is -2.00. The van der Waals surface area contributed by atoms with Crippen LogP contribution in [0.2, 0.25) is 5.15 Å². The van der Waals surface area contributed by atoms with Gasteiger partial charge in [0, 0.05) is 23.6 Å². The molecule has 2 rings (SSSR count). The summed E-state index contributed by atoms with van der Waals surface area (Å²) < 4.78 is 31.6. The molecule has 0 aliphatic rings. The third-order valence-electron chi connectivity index (χ3n) is 2.26. The Bertz CT molecular complexity index is 613. The lowest BCUT2D eigenvalue weighted by molar-refractivity contribution is 0.128. The Morgan fingerprint density at radius 2 is 2.05 bits per heavy atom. The second kappa shape index (κ2) is 6.97. The highest BCUT2D eigenvalue weighted by atomic mass is 35.5. The molecule has 0 N–H and O–H groups in total. The van der Waals surface area contributed by atoms with Crippen LogP contribution in [0.5, 0.6) is 0 Å². The van der Waals surface area contributed by atoms with Crippen molar-refractivity contribution in [2.45, 2.75) is 23.5 Å². The average Bonchev–Trinajstić information content (AvgIpc) is 2.39. The molecule has 0 radical (unpaired) electrons. The van der Waals surface area contributed by atoms with Crippen molar-refractivity contribution in [3.8, 4) is 0 Å². The molecule has 7 heteroatoms. The van der Waals surface area contributed by atoms with Crippen LogP contribution >= 0.6 is 23.4 Å². The normalized spacial score (nSPS) is 10.8. The summed E-state index contributed by atoms with van der Waals surface area (Å²) in [6.07, 6.45) is 0. The Morgan fingerprint density at radius 1 is 1.25 bits per heavy atom. The molecule has 0 aliphatic heterocycles. The molecule has 0 bridgehead atoms. The average molecular weight is 317 g/mol.